The van der Waals surface area contributed by atoms with Crippen molar-refractivity contribution in [3.8, 4) is 11.5 Å². The molecule has 0 fully saturated rings. The molecule has 0 aliphatic rings. The normalized spacial score (nSPS) is 10.7. The predicted octanol–water partition coefficient (Wildman–Crippen LogP) is 2.56. The zero-order chi connectivity index (χ0) is 13.8. The number of isocyanates is 1. The van der Waals surface area contributed by atoms with Gasteiger partial charge in [0, 0.05) is 0 Å². The highest BCUT2D eigenvalue weighted by atomic mass is 19.4. The van der Waals surface area contributed by atoms with Crippen LogP contribution in [-0.2, 0) is 17.5 Å². The Morgan fingerprint density at radius 1 is 1.22 bits per heavy atom. The maximum atomic E-state index is 12.8. The maximum absolute atomic E-state index is 12.8. The van der Waals surface area contributed by atoms with Crippen LogP contribution < -0.4 is 9.47 Å². The SMILES string of the molecule is COc1cc(CN=C=O)c(C(F)(F)F)cc1OC. The van der Waals surface area contributed by atoms with Gasteiger partial charge in [-0.3, -0.25) is 0 Å². The fraction of sp³-hybridized carbons (Fsp3) is 0.364. The van der Waals surface area contributed by atoms with Crippen LogP contribution in [0.1, 0.15) is 11.1 Å². The zero-order valence-electron chi connectivity index (χ0n) is 9.67. The van der Waals surface area contributed by atoms with Crippen LogP contribution in [0, 0.1) is 0 Å². The van der Waals surface area contributed by atoms with Crippen molar-refractivity contribution in [2.24, 2.45) is 4.99 Å². The standard InChI is InChI=1S/C11H10F3NO3/c1-17-9-3-7(5-15-6-16)8(11(12,13)14)4-10(9)18-2/h3-4H,5H2,1-2H3. The van der Waals surface area contributed by atoms with E-state index in [2.05, 4.69) is 4.99 Å². The fourth-order valence-corrected chi connectivity index (χ4v) is 1.43. The van der Waals surface area contributed by atoms with E-state index in [-0.39, 0.29) is 17.1 Å². The lowest BCUT2D eigenvalue weighted by Gasteiger charge is -2.15. The molecule has 1 aromatic rings. The topological polar surface area (TPSA) is 47.9 Å². The summed E-state index contributed by atoms with van der Waals surface area (Å²) in [5.74, 6) is 0.102. The minimum atomic E-state index is -4.56. The molecular weight excluding hydrogens is 251 g/mol. The van der Waals surface area contributed by atoms with Crippen molar-refractivity contribution in [1.82, 2.24) is 0 Å². The van der Waals surface area contributed by atoms with Crippen molar-refractivity contribution in [2.45, 2.75) is 12.7 Å². The molecule has 98 valence electrons. The quantitative estimate of drug-likeness (QED) is 0.618. The number of rotatable bonds is 4. The summed E-state index contributed by atoms with van der Waals surface area (Å²) >= 11 is 0. The third-order valence-corrected chi connectivity index (χ3v) is 2.23. The van der Waals surface area contributed by atoms with Crippen molar-refractivity contribution < 1.29 is 27.4 Å². The number of aliphatic imine (C=N–C) groups is 1. The van der Waals surface area contributed by atoms with E-state index >= 15 is 0 Å². The Morgan fingerprint density at radius 2 is 1.78 bits per heavy atom. The van der Waals surface area contributed by atoms with Crippen LogP contribution in [0.4, 0.5) is 13.2 Å². The van der Waals surface area contributed by atoms with Gasteiger partial charge in [-0.25, -0.2) is 9.79 Å². The van der Waals surface area contributed by atoms with Crippen LogP contribution >= 0.6 is 0 Å². The molecule has 7 heteroatoms. The molecule has 0 aliphatic heterocycles. The summed E-state index contributed by atoms with van der Waals surface area (Å²) in [4.78, 5) is 13.1. The van der Waals surface area contributed by atoms with E-state index in [0.29, 0.717) is 0 Å². The van der Waals surface area contributed by atoms with Gasteiger partial charge < -0.3 is 9.47 Å². The molecule has 0 atom stereocenters. The average Bonchev–Trinajstić information content (AvgIpc) is 2.33. The number of benzene rings is 1. The van der Waals surface area contributed by atoms with Gasteiger partial charge in [-0.15, -0.1) is 0 Å². The summed E-state index contributed by atoms with van der Waals surface area (Å²) in [5, 5.41) is 0. The number of hydrogen-bond donors (Lipinski definition) is 0. The molecule has 1 rings (SSSR count). The summed E-state index contributed by atoms with van der Waals surface area (Å²) < 4.78 is 48.1. The Kier molecular flexibility index (Phi) is 4.33. The minimum absolute atomic E-state index is 0.0383. The van der Waals surface area contributed by atoms with Crippen molar-refractivity contribution in [3.05, 3.63) is 23.3 Å². The van der Waals surface area contributed by atoms with Crippen LogP contribution in [0.25, 0.3) is 0 Å². The monoisotopic (exact) mass is 261 g/mol. The molecule has 0 saturated heterocycles. The number of ether oxygens (including phenoxy) is 2. The summed E-state index contributed by atoms with van der Waals surface area (Å²) in [6, 6.07) is 1.96. The smallest absolute Gasteiger partial charge is 0.416 e. The van der Waals surface area contributed by atoms with Crippen LogP contribution in [-0.4, -0.2) is 20.3 Å². The predicted molar refractivity (Wildman–Crippen MR) is 56.4 cm³/mol. The first-order chi connectivity index (χ1) is 8.43. The second-order valence-corrected chi connectivity index (χ2v) is 3.27. The van der Waals surface area contributed by atoms with Gasteiger partial charge in [-0.1, -0.05) is 0 Å². The lowest BCUT2D eigenvalue weighted by molar-refractivity contribution is -0.138. The number of halogens is 3. The highest BCUT2D eigenvalue weighted by Gasteiger charge is 2.34. The van der Waals surface area contributed by atoms with E-state index < -0.39 is 18.3 Å². The van der Waals surface area contributed by atoms with E-state index in [9.17, 15) is 18.0 Å². The first-order valence-electron chi connectivity index (χ1n) is 4.79. The molecule has 0 unspecified atom stereocenters. The Labute approximate surface area is 101 Å². The van der Waals surface area contributed by atoms with E-state index in [1.54, 1.807) is 0 Å². The molecule has 0 aliphatic carbocycles. The van der Waals surface area contributed by atoms with Gasteiger partial charge in [0.2, 0.25) is 6.08 Å². The largest absolute Gasteiger partial charge is 0.493 e. The van der Waals surface area contributed by atoms with Crippen LogP contribution in [0.3, 0.4) is 0 Å². The van der Waals surface area contributed by atoms with Gasteiger partial charge in [0.15, 0.2) is 11.5 Å². The van der Waals surface area contributed by atoms with Crippen molar-refractivity contribution in [1.29, 1.82) is 0 Å². The van der Waals surface area contributed by atoms with Crippen molar-refractivity contribution in [3.63, 3.8) is 0 Å². The summed E-state index contributed by atoms with van der Waals surface area (Å²) in [7, 11) is 2.54. The summed E-state index contributed by atoms with van der Waals surface area (Å²) in [5.41, 5.74) is -1.09. The summed E-state index contributed by atoms with van der Waals surface area (Å²) in [6.45, 7) is -0.418. The third-order valence-electron chi connectivity index (χ3n) is 2.23. The van der Waals surface area contributed by atoms with E-state index in [0.717, 1.165) is 12.1 Å². The van der Waals surface area contributed by atoms with Crippen LogP contribution in [0.5, 0.6) is 11.5 Å². The van der Waals surface area contributed by atoms with Gasteiger partial charge in [0.05, 0.1) is 26.3 Å². The molecule has 4 nitrogen and oxygen atoms in total. The summed E-state index contributed by atoms with van der Waals surface area (Å²) in [6.07, 6.45) is -3.37. The maximum Gasteiger partial charge on any atom is 0.416 e. The second kappa shape index (κ2) is 5.55. The molecule has 0 amide bonds. The zero-order valence-corrected chi connectivity index (χ0v) is 9.67. The molecule has 1 aromatic carbocycles. The number of alkyl halides is 3. The molecule has 0 heterocycles. The number of methoxy groups -OCH3 is 2. The van der Waals surface area contributed by atoms with Crippen molar-refractivity contribution >= 4 is 6.08 Å². The Morgan fingerprint density at radius 3 is 2.22 bits per heavy atom. The van der Waals surface area contributed by atoms with Gasteiger partial charge in [-0.05, 0) is 17.7 Å². The highest BCUT2D eigenvalue weighted by molar-refractivity contribution is 5.49. The van der Waals surface area contributed by atoms with E-state index in [1.807, 2.05) is 0 Å². The molecule has 0 spiro atoms. The number of hydrogen-bond acceptors (Lipinski definition) is 4. The second-order valence-electron chi connectivity index (χ2n) is 3.27. The molecule has 18 heavy (non-hydrogen) atoms. The van der Waals surface area contributed by atoms with E-state index in [1.165, 1.54) is 20.3 Å². The van der Waals surface area contributed by atoms with Crippen molar-refractivity contribution in [2.75, 3.05) is 14.2 Å². The van der Waals surface area contributed by atoms with Gasteiger partial charge in [0.25, 0.3) is 0 Å². The number of carbonyl (C=O) groups excluding carboxylic acids is 1. The molecule has 0 N–H and O–H groups in total. The minimum Gasteiger partial charge on any atom is -0.493 e. The molecule has 0 saturated carbocycles. The molecule has 0 radical (unpaired) electrons. The first kappa shape index (κ1) is 14.1. The Hall–Kier alpha value is -2.01. The molecule has 0 aromatic heterocycles. The van der Waals surface area contributed by atoms with Gasteiger partial charge >= 0.3 is 6.18 Å². The van der Waals surface area contributed by atoms with E-state index in [4.69, 9.17) is 9.47 Å². The fourth-order valence-electron chi connectivity index (χ4n) is 1.43. The lowest BCUT2D eigenvalue weighted by Crippen LogP contribution is -2.10. The Balaban J connectivity index is 3.40. The third kappa shape index (κ3) is 3.01. The average molecular weight is 261 g/mol. The molecule has 0 bridgehead atoms. The first-order valence-corrected chi connectivity index (χ1v) is 4.79. The van der Waals surface area contributed by atoms with Crippen LogP contribution in [0.2, 0.25) is 0 Å². The molecular formula is C11H10F3NO3. The highest BCUT2D eigenvalue weighted by Crippen LogP contribution is 2.39. The van der Waals surface area contributed by atoms with Crippen LogP contribution in [0.15, 0.2) is 17.1 Å². The van der Waals surface area contributed by atoms with Gasteiger partial charge in [0.1, 0.15) is 0 Å². The Bertz CT molecular complexity index is 479. The number of nitrogens with zero attached hydrogens (tertiary/aromatic N) is 1. The lowest BCUT2D eigenvalue weighted by atomic mass is 10.1. The van der Waals surface area contributed by atoms with Gasteiger partial charge in [-0.2, -0.15) is 13.2 Å².